The van der Waals surface area contributed by atoms with E-state index >= 15 is 0 Å². The van der Waals surface area contributed by atoms with Crippen molar-refractivity contribution in [1.29, 1.82) is 0 Å². The minimum atomic E-state index is -4.70. The summed E-state index contributed by atoms with van der Waals surface area (Å²) in [5, 5.41) is 5.58. The van der Waals surface area contributed by atoms with Crippen LogP contribution in [0.4, 0.5) is 5.95 Å². The molecule has 0 spiro atoms. The quantitative estimate of drug-likeness (QED) is 0.140. The minimum Gasteiger partial charge on any atom is -0.467 e. The van der Waals surface area contributed by atoms with Crippen LogP contribution >= 0.6 is 30.8 Å². The zero-order valence-electron chi connectivity index (χ0n) is 22.9. The molecule has 13 nitrogen and oxygen atoms in total. The summed E-state index contributed by atoms with van der Waals surface area (Å²) in [6, 6.07) is 14.1. The number of hydrogen-bond acceptors (Lipinski definition) is 10. The molecule has 44 heavy (non-hydrogen) atoms. The highest BCUT2D eigenvalue weighted by atomic mass is 35.5. The first-order valence-corrected chi connectivity index (χ1v) is 17.6. The number of sulfonamides is 1. The van der Waals surface area contributed by atoms with Gasteiger partial charge >= 0.3 is 7.82 Å². The molecule has 0 bridgehead atoms. The molecular weight excluding hydrogens is 651 g/mol. The van der Waals surface area contributed by atoms with E-state index in [1.807, 2.05) is 16.0 Å². The summed E-state index contributed by atoms with van der Waals surface area (Å²) in [6.07, 6.45) is 4.78. The van der Waals surface area contributed by atoms with E-state index in [4.69, 9.17) is 36.1 Å². The van der Waals surface area contributed by atoms with Gasteiger partial charge < -0.3 is 19.8 Å². The SMILES string of the molecule is O=P(O)(O)OCOc1cccc(-c2nc3sccn3c2-c2ccnc(N(C3CCCNC3)S(=O)(=O)c3ccc(Cl)cc3)n2)c1. The molecule has 4 heterocycles. The number of aromatic nitrogens is 4. The van der Waals surface area contributed by atoms with Gasteiger partial charge in [-0.15, -0.1) is 11.3 Å². The number of ether oxygens (including phenoxy) is 1. The molecule has 0 radical (unpaired) electrons. The van der Waals surface area contributed by atoms with Crippen LogP contribution in [0.5, 0.6) is 5.75 Å². The van der Waals surface area contributed by atoms with Crippen LogP contribution in [0.25, 0.3) is 27.6 Å². The largest absolute Gasteiger partial charge is 0.472 e. The maximum atomic E-state index is 14.1. The second-order valence-corrected chi connectivity index (χ2v) is 14.1. The van der Waals surface area contributed by atoms with Gasteiger partial charge in [-0.1, -0.05) is 23.7 Å². The number of nitrogens with zero attached hydrogens (tertiary/aromatic N) is 5. The van der Waals surface area contributed by atoms with E-state index in [9.17, 15) is 13.0 Å². The van der Waals surface area contributed by atoms with Crippen molar-refractivity contribution < 1.29 is 32.0 Å². The Morgan fingerprint density at radius 1 is 1.16 bits per heavy atom. The van der Waals surface area contributed by atoms with Crippen molar-refractivity contribution >= 4 is 51.7 Å². The molecule has 3 N–H and O–H groups in total. The van der Waals surface area contributed by atoms with Crippen LogP contribution in [0.3, 0.4) is 0 Å². The summed E-state index contributed by atoms with van der Waals surface area (Å²) in [5.74, 6) is 0.320. The first-order valence-electron chi connectivity index (χ1n) is 13.3. The Bertz CT molecular complexity index is 1940. The van der Waals surface area contributed by atoms with Crippen LogP contribution in [0.15, 0.2) is 77.3 Å². The third kappa shape index (κ3) is 6.50. The molecule has 0 saturated carbocycles. The fourth-order valence-corrected chi connectivity index (χ4v) is 7.55. The van der Waals surface area contributed by atoms with Gasteiger partial charge in [0.2, 0.25) is 5.95 Å². The Morgan fingerprint density at radius 2 is 1.98 bits per heavy atom. The number of phosphoric acid groups is 1. The fraction of sp³-hybridized carbons (Fsp3) is 0.222. The van der Waals surface area contributed by atoms with Crippen LogP contribution < -0.4 is 14.4 Å². The van der Waals surface area contributed by atoms with E-state index in [0.29, 0.717) is 51.3 Å². The van der Waals surface area contributed by atoms with E-state index in [0.717, 1.165) is 13.0 Å². The van der Waals surface area contributed by atoms with Crippen LogP contribution in [0.2, 0.25) is 5.02 Å². The van der Waals surface area contributed by atoms with Gasteiger partial charge in [-0.3, -0.25) is 4.40 Å². The topological polar surface area (TPSA) is 168 Å². The molecule has 1 aliphatic rings. The lowest BCUT2D eigenvalue weighted by atomic mass is 10.1. The molecule has 230 valence electrons. The molecule has 6 rings (SSSR count). The maximum Gasteiger partial charge on any atom is 0.472 e. The molecule has 1 atom stereocenters. The molecule has 1 aliphatic heterocycles. The van der Waals surface area contributed by atoms with Gasteiger partial charge in [-0.05, 0) is 61.9 Å². The van der Waals surface area contributed by atoms with Crippen molar-refractivity contribution in [2.75, 3.05) is 24.2 Å². The predicted molar refractivity (Wildman–Crippen MR) is 165 cm³/mol. The van der Waals surface area contributed by atoms with Gasteiger partial charge in [0.05, 0.1) is 22.3 Å². The van der Waals surface area contributed by atoms with Gasteiger partial charge in [0.25, 0.3) is 10.0 Å². The fourth-order valence-electron chi connectivity index (χ4n) is 4.94. The van der Waals surface area contributed by atoms with E-state index in [2.05, 4.69) is 14.8 Å². The molecule has 0 amide bonds. The lowest BCUT2D eigenvalue weighted by molar-refractivity contribution is 0.0829. The lowest BCUT2D eigenvalue weighted by Gasteiger charge is -2.33. The number of anilines is 1. The Labute approximate surface area is 261 Å². The van der Waals surface area contributed by atoms with E-state index in [1.165, 1.54) is 46.1 Å². The highest BCUT2D eigenvalue weighted by Crippen LogP contribution is 2.38. The van der Waals surface area contributed by atoms with Crippen LogP contribution in [0.1, 0.15) is 12.8 Å². The van der Waals surface area contributed by atoms with Gasteiger partial charge in [0.1, 0.15) is 11.4 Å². The Balaban J connectivity index is 1.43. The van der Waals surface area contributed by atoms with Crippen LogP contribution in [-0.4, -0.2) is 63.5 Å². The predicted octanol–water partition coefficient (Wildman–Crippen LogP) is 4.57. The van der Waals surface area contributed by atoms with Crippen molar-refractivity contribution in [2.24, 2.45) is 0 Å². The summed E-state index contributed by atoms with van der Waals surface area (Å²) in [6.45, 7) is 0.573. The molecule has 17 heteroatoms. The summed E-state index contributed by atoms with van der Waals surface area (Å²) < 4.78 is 52.1. The Kier molecular flexibility index (Phi) is 8.72. The maximum absolute atomic E-state index is 14.1. The number of rotatable bonds is 10. The molecule has 1 saturated heterocycles. The van der Waals surface area contributed by atoms with Gasteiger partial charge in [-0.25, -0.2) is 36.8 Å². The average Bonchev–Trinajstić information content (AvgIpc) is 3.60. The summed E-state index contributed by atoms with van der Waals surface area (Å²) >= 11 is 7.46. The van der Waals surface area contributed by atoms with E-state index < -0.39 is 30.7 Å². The zero-order valence-corrected chi connectivity index (χ0v) is 26.1. The molecule has 2 aromatic carbocycles. The monoisotopic (exact) mass is 676 g/mol. The van der Waals surface area contributed by atoms with Crippen LogP contribution in [0, 0.1) is 0 Å². The second kappa shape index (κ2) is 12.5. The number of fused-ring (bicyclic) bond motifs is 1. The van der Waals surface area contributed by atoms with E-state index in [1.54, 1.807) is 30.3 Å². The average molecular weight is 677 g/mol. The van der Waals surface area contributed by atoms with Crippen molar-refractivity contribution in [1.82, 2.24) is 24.7 Å². The van der Waals surface area contributed by atoms with Crippen molar-refractivity contribution in [3.05, 3.63) is 77.4 Å². The van der Waals surface area contributed by atoms with Gasteiger partial charge in [0.15, 0.2) is 11.8 Å². The second-order valence-electron chi connectivity index (χ2n) is 9.77. The molecule has 1 unspecified atom stereocenters. The number of halogens is 1. The number of thiazole rings is 1. The number of nitrogens with one attached hydrogen (secondary N) is 1. The van der Waals surface area contributed by atoms with Crippen molar-refractivity contribution in [2.45, 2.75) is 23.8 Å². The first-order chi connectivity index (χ1) is 21.1. The third-order valence-electron chi connectivity index (χ3n) is 6.87. The number of phosphoric ester groups is 1. The molecule has 3 aromatic heterocycles. The smallest absolute Gasteiger partial charge is 0.467 e. The molecule has 1 fully saturated rings. The van der Waals surface area contributed by atoms with Gasteiger partial charge in [0, 0.05) is 34.9 Å². The molecular formula is C27H26ClN6O7PS2. The highest BCUT2D eigenvalue weighted by molar-refractivity contribution is 7.92. The highest BCUT2D eigenvalue weighted by Gasteiger charge is 2.35. The Hall–Kier alpha value is -3.40. The molecule has 0 aliphatic carbocycles. The first kappa shape index (κ1) is 30.6. The van der Waals surface area contributed by atoms with Crippen molar-refractivity contribution in [3.8, 4) is 28.4 Å². The minimum absolute atomic E-state index is 0.0222. The summed E-state index contributed by atoms with van der Waals surface area (Å²) in [4.78, 5) is 32.7. The number of hydrogen-bond donors (Lipinski definition) is 3. The summed E-state index contributed by atoms with van der Waals surface area (Å²) in [5.41, 5.74) is 2.20. The number of piperidine rings is 1. The van der Waals surface area contributed by atoms with Crippen LogP contribution in [-0.2, 0) is 19.1 Å². The number of benzene rings is 2. The zero-order chi connectivity index (χ0) is 30.9. The molecule has 5 aromatic rings. The lowest BCUT2D eigenvalue weighted by Crippen LogP contribution is -2.49. The van der Waals surface area contributed by atoms with E-state index in [-0.39, 0.29) is 10.8 Å². The van der Waals surface area contributed by atoms with Gasteiger partial charge in [-0.2, -0.15) is 0 Å². The summed E-state index contributed by atoms with van der Waals surface area (Å²) in [7, 11) is -8.77. The standard InChI is InChI=1S/C27H26ClN6O7PS2/c28-19-6-8-22(9-7-19)44(38,39)34(20-4-2-11-29-16-20)26-30-12-10-23(31-26)25-24(32-27-33(25)13-14-43-27)18-3-1-5-21(15-18)40-17-41-42(35,36)37/h1,3,5-10,12-15,20,29H,2,4,11,16-17H2,(H2,35,36,37). The Morgan fingerprint density at radius 3 is 2.73 bits per heavy atom. The van der Waals surface area contributed by atoms with Crippen molar-refractivity contribution in [3.63, 3.8) is 0 Å². The third-order valence-corrected chi connectivity index (χ3v) is 10.2. The number of imidazole rings is 1. The normalized spacial score (nSPS) is 15.8.